The van der Waals surface area contributed by atoms with E-state index in [2.05, 4.69) is 144 Å². The molecule has 0 fully saturated rings. The first-order valence-electron chi connectivity index (χ1n) is 21.3. The summed E-state index contributed by atoms with van der Waals surface area (Å²) in [5.74, 6) is 2.93. The first-order chi connectivity index (χ1) is 27.0. The highest BCUT2D eigenvalue weighted by molar-refractivity contribution is 7.96. The topological polar surface area (TPSA) is 54.0 Å². The van der Waals surface area contributed by atoms with E-state index in [4.69, 9.17) is 14.4 Å². The third-order valence-electron chi connectivity index (χ3n) is 12.4. The van der Waals surface area contributed by atoms with Crippen LogP contribution >= 0.6 is 7.26 Å². The molecule has 0 spiro atoms. The molecule has 0 radical (unpaired) electrons. The molecule has 5 rings (SSSR count). The summed E-state index contributed by atoms with van der Waals surface area (Å²) in [5.41, 5.74) is 5.04. The predicted octanol–water partition coefficient (Wildman–Crippen LogP) is 11.7. The van der Waals surface area contributed by atoms with E-state index >= 15 is 0 Å². The Bertz CT molecular complexity index is 1710. The Morgan fingerprint density at radius 1 is 0.696 bits per heavy atom. The molecule has 1 heterocycles. The van der Waals surface area contributed by atoms with Crippen LogP contribution in [0, 0.1) is 32.6 Å². The summed E-state index contributed by atoms with van der Waals surface area (Å²) < 4.78 is 12.9. The number of fused-ring (bicyclic) bond motifs is 1. The van der Waals surface area contributed by atoms with Crippen molar-refractivity contribution in [1.29, 1.82) is 0 Å². The van der Waals surface area contributed by atoms with Crippen LogP contribution < -0.4 is 25.4 Å². The van der Waals surface area contributed by atoms with Crippen molar-refractivity contribution < 1.29 is 24.0 Å². The van der Waals surface area contributed by atoms with Gasteiger partial charge in [0, 0.05) is 12.5 Å². The molecule has 0 aliphatic carbocycles. The number of hydrogen-bond donors (Lipinski definition) is 0. The molecule has 0 N–H and O–H groups in total. The van der Waals surface area contributed by atoms with Gasteiger partial charge in [-0.2, -0.15) is 4.89 Å². The Balaban J connectivity index is 1.07. The van der Waals surface area contributed by atoms with Gasteiger partial charge in [-0.15, -0.1) is 0 Å². The first-order valence-corrected chi connectivity index (χ1v) is 23.1. The average Bonchev–Trinajstić information content (AvgIpc) is 3.19. The van der Waals surface area contributed by atoms with Gasteiger partial charge >= 0.3 is 5.97 Å². The van der Waals surface area contributed by atoms with Gasteiger partial charge in [-0.05, 0) is 138 Å². The van der Waals surface area contributed by atoms with Crippen LogP contribution in [0.2, 0.25) is 0 Å². The van der Waals surface area contributed by atoms with Gasteiger partial charge in [-0.1, -0.05) is 101 Å². The second-order valence-corrected chi connectivity index (χ2v) is 20.7. The number of hydrogen-bond acceptors (Lipinski definition) is 5. The molecule has 0 amide bonds. The standard InChI is InChI=1S/C50H68O5P/c1-37(23-19-25-39(3)56(44-26-12-9-13-27-44,45-28-14-10-15-29-45)46-30-16-11-17-31-46)21-18-22-38(2)24-20-33-50(8)34-32-47-42(6)48(40(4)41(5)49(47)54-50)52-35-36-53-55-43(7)51/h9-17,26-31,37-39H,18-25,32-36H2,1-8H3/q+1. The zero-order valence-corrected chi connectivity index (χ0v) is 36.5. The van der Waals surface area contributed by atoms with Crippen molar-refractivity contribution in [2.45, 2.75) is 137 Å². The van der Waals surface area contributed by atoms with E-state index in [1.165, 1.54) is 79.8 Å². The molecule has 6 heteroatoms. The quantitative estimate of drug-likeness (QED) is 0.0365. The molecule has 56 heavy (non-hydrogen) atoms. The lowest BCUT2D eigenvalue weighted by Crippen LogP contribution is -2.37. The Labute approximate surface area is 339 Å². The van der Waals surface area contributed by atoms with Crippen LogP contribution in [0.1, 0.15) is 121 Å². The minimum atomic E-state index is -1.83. The van der Waals surface area contributed by atoms with Crippen LogP contribution in [0.5, 0.6) is 11.5 Å². The van der Waals surface area contributed by atoms with Crippen LogP contribution in [-0.2, 0) is 21.0 Å². The first kappa shape index (κ1) is 43.5. The van der Waals surface area contributed by atoms with Crippen LogP contribution in [-0.4, -0.2) is 30.4 Å². The molecule has 4 aromatic rings. The van der Waals surface area contributed by atoms with Crippen molar-refractivity contribution >= 4 is 29.1 Å². The molecule has 5 nitrogen and oxygen atoms in total. The Kier molecular flexibility index (Phi) is 16.0. The number of ether oxygens (including phenoxy) is 2. The zero-order valence-electron chi connectivity index (χ0n) is 35.6. The van der Waals surface area contributed by atoms with E-state index in [0.717, 1.165) is 59.3 Å². The van der Waals surface area contributed by atoms with Crippen molar-refractivity contribution in [3.05, 3.63) is 113 Å². The summed E-state index contributed by atoms with van der Waals surface area (Å²) in [5, 5.41) is 4.47. The Hall–Kier alpha value is -3.66. The van der Waals surface area contributed by atoms with Crippen molar-refractivity contribution in [3.63, 3.8) is 0 Å². The van der Waals surface area contributed by atoms with E-state index in [0.29, 0.717) is 12.3 Å². The Morgan fingerprint density at radius 2 is 1.20 bits per heavy atom. The smallest absolute Gasteiger partial charge is 0.339 e. The van der Waals surface area contributed by atoms with Gasteiger partial charge in [0.05, 0.1) is 5.66 Å². The molecule has 1 aliphatic heterocycles. The number of carbonyl (C=O) groups is 1. The minimum absolute atomic E-state index is 0.149. The van der Waals surface area contributed by atoms with E-state index in [1.807, 2.05) is 0 Å². The van der Waals surface area contributed by atoms with Gasteiger partial charge in [-0.3, -0.25) is 4.89 Å². The molecule has 0 saturated carbocycles. The summed E-state index contributed by atoms with van der Waals surface area (Å²) in [6.07, 6.45) is 13.2. The molecule has 0 bridgehead atoms. The van der Waals surface area contributed by atoms with E-state index in [9.17, 15) is 4.79 Å². The lowest BCUT2D eigenvalue weighted by Gasteiger charge is -2.38. The third-order valence-corrected chi connectivity index (χ3v) is 17.3. The lowest BCUT2D eigenvalue weighted by atomic mass is 9.83. The molecule has 0 aromatic heterocycles. The highest BCUT2D eigenvalue weighted by atomic mass is 31.2. The lowest BCUT2D eigenvalue weighted by molar-refractivity contribution is -0.272. The second kappa shape index (κ2) is 20.7. The summed E-state index contributed by atoms with van der Waals surface area (Å²) in [6, 6.07) is 34.0. The van der Waals surface area contributed by atoms with Crippen molar-refractivity contribution in [2.24, 2.45) is 11.8 Å². The zero-order chi connectivity index (χ0) is 40.1. The average molecular weight is 780 g/mol. The van der Waals surface area contributed by atoms with Gasteiger partial charge in [-0.25, -0.2) is 4.79 Å². The Morgan fingerprint density at radius 3 is 1.71 bits per heavy atom. The molecular formula is C50H68O5P+. The van der Waals surface area contributed by atoms with Gasteiger partial charge in [0.15, 0.2) is 0 Å². The fraction of sp³-hybridized carbons (Fsp3) is 0.500. The second-order valence-electron chi connectivity index (χ2n) is 16.9. The van der Waals surface area contributed by atoms with Gasteiger partial charge < -0.3 is 9.47 Å². The summed E-state index contributed by atoms with van der Waals surface area (Å²) in [4.78, 5) is 20.5. The molecule has 0 saturated heterocycles. The van der Waals surface area contributed by atoms with Gasteiger partial charge in [0.1, 0.15) is 53.5 Å². The van der Waals surface area contributed by atoms with Crippen LogP contribution in [0.3, 0.4) is 0 Å². The highest BCUT2D eigenvalue weighted by Crippen LogP contribution is 2.61. The largest absolute Gasteiger partial charge is 0.490 e. The highest BCUT2D eigenvalue weighted by Gasteiger charge is 2.49. The van der Waals surface area contributed by atoms with Crippen molar-refractivity contribution in [2.75, 3.05) is 13.2 Å². The van der Waals surface area contributed by atoms with Crippen LogP contribution in [0.15, 0.2) is 91.0 Å². The number of benzene rings is 4. The minimum Gasteiger partial charge on any atom is -0.490 e. The molecular weight excluding hydrogens is 712 g/mol. The number of rotatable bonds is 21. The van der Waals surface area contributed by atoms with Crippen LogP contribution in [0.25, 0.3) is 0 Å². The molecule has 4 atom stereocenters. The predicted molar refractivity (Wildman–Crippen MR) is 236 cm³/mol. The van der Waals surface area contributed by atoms with Gasteiger partial charge in [0.25, 0.3) is 0 Å². The fourth-order valence-electron chi connectivity index (χ4n) is 9.06. The van der Waals surface area contributed by atoms with E-state index in [1.54, 1.807) is 0 Å². The molecule has 302 valence electrons. The number of carbonyl (C=O) groups excluding carboxylic acids is 1. The SMILES string of the molecule is CC(=O)OOCCOc1c(C)c(C)c2c(c1C)CCC(C)(CCCC(C)CCCC(C)CCCC(C)[P+](c1ccccc1)(c1ccccc1)c1ccccc1)O2. The van der Waals surface area contributed by atoms with Gasteiger partial charge in [0.2, 0.25) is 0 Å². The summed E-state index contributed by atoms with van der Waals surface area (Å²) >= 11 is 0. The van der Waals surface area contributed by atoms with Crippen molar-refractivity contribution in [1.82, 2.24) is 0 Å². The van der Waals surface area contributed by atoms with Crippen molar-refractivity contribution in [3.8, 4) is 11.5 Å². The maximum absolute atomic E-state index is 11.0. The monoisotopic (exact) mass is 779 g/mol. The third kappa shape index (κ3) is 10.8. The maximum atomic E-state index is 11.0. The normalized spacial score (nSPS) is 17.0. The van der Waals surface area contributed by atoms with E-state index in [-0.39, 0.29) is 12.2 Å². The molecule has 1 aliphatic rings. The summed E-state index contributed by atoms with van der Waals surface area (Å²) in [7, 11) is -1.83. The summed E-state index contributed by atoms with van der Waals surface area (Å²) in [6.45, 7) is 17.9. The molecule has 4 unspecified atom stereocenters. The molecule has 4 aromatic carbocycles. The fourth-order valence-corrected chi connectivity index (χ4v) is 14.0. The van der Waals surface area contributed by atoms with Crippen LogP contribution in [0.4, 0.5) is 0 Å². The van der Waals surface area contributed by atoms with E-state index < -0.39 is 13.2 Å². The maximum Gasteiger partial charge on any atom is 0.339 e.